The molecule has 0 radical (unpaired) electrons. The Morgan fingerprint density at radius 3 is 2.61 bits per heavy atom. The molecule has 5 heteroatoms. The van der Waals surface area contributed by atoms with Gasteiger partial charge in [-0.2, -0.15) is 0 Å². The van der Waals surface area contributed by atoms with Crippen LogP contribution in [0.25, 0.3) is 22.3 Å². The van der Waals surface area contributed by atoms with E-state index in [1.165, 1.54) is 5.56 Å². The fourth-order valence-corrected chi connectivity index (χ4v) is 3.09. The standard InChI is InChI=1S/C18H18N4O/c23-15-6-9-22(10-7-15)11-13-1-3-14(4-2-13)17-16-5-8-19-18(16)21-12-20-17/h1-5,8,12H,6-7,9-11H2,(H,19,20,21). The van der Waals surface area contributed by atoms with E-state index < -0.39 is 0 Å². The number of carbonyl (C=O) groups excluding carboxylic acids is 1. The van der Waals surface area contributed by atoms with E-state index in [1.54, 1.807) is 6.33 Å². The van der Waals surface area contributed by atoms with Gasteiger partial charge >= 0.3 is 0 Å². The molecule has 1 aliphatic rings. The van der Waals surface area contributed by atoms with Crippen molar-refractivity contribution in [3.63, 3.8) is 0 Å². The van der Waals surface area contributed by atoms with Gasteiger partial charge in [0.1, 0.15) is 17.8 Å². The molecule has 3 aromatic rings. The Labute approximate surface area is 134 Å². The van der Waals surface area contributed by atoms with Crippen molar-refractivity contribution in [2.24, 2.45) is 0 Å². The van der Waals surface area contributed by atoms with E-state index in [1.807, 2.05) is 12.3 Å². The summed E-state index contributed by atoms with van der Waals surface area (Å²) >= 11 is 0. The number of aromatic nitrogens is 3. The Hall–Kier alpha value is -2.53. The maximum atomic E-state index is 11.3. The lowest BCUT2D eigenvalue weighted by Crippen LogP contribution is -2.33. The molecule has 0 bridgehead atoms. The largest absolute Gasteiger partial charge is 0.346 e. The lowest BCUT2D eigenvalue weighted by atomic mass is 10.1. The van der Waals surface area contributed by atoms with E-state index in [2.05, 4.69) is 44.1 Å². The third-order valence-corrected chi connectivity index (χ3v) is 4.40. The summed E-state index contributed by atoms with van der Waals surface area (Å²) in [6, 6.07) is 10.5. The quantitative estimate of drug-likeness (QED) is 0.808. The highest BCUT2D eigenvalue weighted by Crippen LogP contribution is 2.25. The van der Waals surface area contributed by atoms with Gasteiger partial charge in [0.15, 0.2) is 0 Å². The van der Waals surface area contributed by atoms with Crippen LogP contribution in [0.3, 0.4) is 0 Å². The predicted molar refractivity (Wildman–Crippen MR) is 88.8 cm³/mol. The highest BCUT2D eigenvalue weighted by Gasteiger charge is 2.16. The molecule has 1 fully saturated rings. The second kappa shape index (κ2) is 5.93. The Kier molecular flexibility index (Phi) is 3.63. The van der Waals surface area contributed by atoms with Crippen molar-refractivity contribution in [2.75, 3.05) is 13.1 Å². The molecule has 5 nitrogen and oxygen atoms in total. The zero-order chi connectivity index (χ0) is 15.6. The van der Waals surface area contributed by atoms with E-state index in [9.17, 15) is 4.79 Å². The van der Waals surface area contributed by atoms with Crippen LogP contribution in [0.4, 0.5) is 0 Å². The number of H-pyrrole nitrogens is 1. The van der Waals surface area contributed by atoms with E-state index in [0.717, 1.165) is 41.9 Å². The maximum absolute atomic E-state index is 11.3. The first-order chi connectivity index (χ1) is 11.3. The van der Waals surface area contributed by atoms with Crippen LogP contribution >= 0.6 is 0 Å². The van der Waals surface area contributed by atoms with Crippen LogP contribution in [0.15, 0.2) is 42.9 Å². The summed E-state index contributed by atoms with van der Waals surface area (Å²) in [6.45, 7) is 2.64. The highest BCUT2D eigenvalue weighted by molar-refractivity contribution is 5.90. The Bertz CT molecular complexity index is 828. The number of piperidine rings is 1. The van der Waals surface area contributed by atoms with E-state index >= 15 is 0 Å². The molecule has 2 aromatic heterocycles. The van der Waals surface area contributed by atoms with Gasteiger partial charge in [0, 0.05) is 49.6 Å². The molecule has 0 spiro atoms. The van der Waals surface area contributed by atoms with Crippen LogP contribution < -0.4 is 0 Å². The van der Waals surface area contributed by atoms with Gasteiger partial charge in [-0.25, -0.2) is 9.97 Å². The summed E-state index contributed by atoms with van der Waals surface area (Å²) in [5.41, 5.74) is 4.17. The SMILES string of the molecule is O=C1CCN(Cc2ccc(-c3ncnc4[nH]ccc34)cc2)CC1. The van der Waals surface area contributed by atoms with Crippen LogP contribution in [0.1, 0.15) is 18.4 Å². The van der Waals surface area contributed by atoms with Crippen LogP contribution in [0.2, 0.25) is 0 Å². The third kappa shape index (κ3) is 2.87. The van der Waals surface area contributed by atoms with Crippen molar-refractivity contribution in [1.82, 2.24) is 19.9 Å². The number of ketones is 1. The van der Waals surface area contributed by atoms with Gasteiger partial charge in [0.05, 0.1) is 5.69 Å². The lowest BCUT2D eigenvalue weighted by Gasteiger charge is -2.25. The van der Waals surface area contributed by atoms with Gasteiger partial charge in [0.2, 0.25) is 0 Å². The summed E-state index contributed by atoms with van der Waals surface area (Å²) in [4.78, 5) is 25.4. The molecule has 1 N–H and O–H groups in total. The van der Waals surface area contributed by atoms with Crippen molar-refractivity contribution in [3.8, 4) is 11.3 Å². The number of nitrogens with one attached hydrogen (secondary N) is 1. The molecule has 4 rings (SSSR count). The van der Waals surface area contributed by atoms with Crippen molar-refractivity contribution in [3.05, 3.63) is 48.4 Å². The topological polar surface area (TPSA) is 61.9 Å². The molecule has 116 valence electrons. The number of carbonyl (C=O) groups is 1. The van der Waals surface area contributed by atoms with Crippen molar-refractivity contribution in [1.29, 1.82) is 0 Å². The zero-order valence-electron chi connectivity index (χ0n) is 12.8. The Morgan fingerprint density at radius 1 is 1.04 bits per heavy atom. The summed E-state index contributed by atoms with van der Waals surface area (Å²) in [7, 11) is 0. The van der Waals surface area contributed by atoms with Gasteiger partial charge in [-0.1, -0.05) is 24.3 Å². The molecule has 23 heavy (non-hydrogen) atoms. The molecular weight excluding hydrogens is 288 g/mol. The number of benzene rings is 1. The van der Waals surface area contributed by atoms with Crippen molar-refractivity contribution >= 4 is 16.8 Å². The number of likely N-dealkylation sites (tertiary alicyclic amines) is 1. The van der Waals surface area contributed by atoms with Crippen molar-refractivity contribution in [2.45, 2.75) is 19.4 Å². The Morgan fingerprint density at radius 2 is 1.83 bits per heavy atom. The molecule has 1 saturated heterocycles. The fourth-order valence-electron chi connectivity index (χ4n) is 3.09. The van der Waals surface area contributed by atoms with Crippen LogP contribution in [0, 0.1) is 0 Å². The number of Topliss-reactive ketones (excluding diaryl/α,β-unsaturated/α-hetero) is 1. The lowest BCUT2D eigenvalue weighted by molar-refractivity contribution is -0.121. The molecule has 3 heterocycles. The van der Waals surface area contributed by atoms with E-state index in [-0.39, 0.29) is 0 Å². The molecular formula is C18H18N4O. The van der Waals surface area contributed by atoms with Gasteiger partial charge < -0.3 is 4.98 Å². The first-order valence-corrected chi connectivity index (χ1v) is 7.91. The number of fused-ring (bicyclic) bond motifs is 1. The normalized spacial score (nSPS) is 16.1. The number of hydrogen-bond donors (Lipinski definition) is 1. The molecule has 0 aliphatic carbocycles. The minimum absolute atomic E-state index is 0.385. The minimum Gasteiger partial charge on any atom is -0.346 e. The van der Waals surface area contributed by atoms with E-state index in [0.29, 0.717) is 18.6 Å². The monoisotopic (exact) mass is 306 g/mol. The van der Waals surface area contributed by atoms with Crippen LogP contribution in [-0.2, 0) is 11.3 Å². The van der Waals surface area contributed by atoms with Crippen LogP contribution in [-0.4, -0.2) is 38.7 Å². The number of rotatable bonds is 3. The van der Waals surface area contributed by atoms with E-state index in [4.69, 9.17) is 0 Å². The minimum atomic E-state index is 0.385. The fraction of sp³-hybridized carbons (Fsp3) is 0.278. The molecule has 0 saturated carbocycles. The van der Waals surface area contributed by atoms with Gasteiger partial charge in [-0.15, -0.1) is 0 Å². The van der Waals surface area contributed by atoms with Crippen molar-refractivity contribution < 1.29 is 4.79 Å². The third-order valence-electron chi connectivity index (χ3n) is 4.40. The Balaban J connectivity index is 1.54. The van der Waals surface area contributed by atoms with Gasteiger partial charge in [-0.3, -0.25) is 9.69 Å². The number of nitrogens with zero attached hydrogens (tertiary/aromatic N) is 3. The smallest absolute Gasteiger partial charge is 0.141 e. The molecule has 0 unspecified atom stereocenters. The first-order valence-electron chi connectivity index (χ1n) is 7.91. The zero-order valence-corrected chi connectivity index (χ0v) is 12.8. The van der Waals surface area contributed by atoms with Crippen LogP contribution in [0.5, 0.6) is 0 Å². The molecule has 0 amide bonds. The average Bonchev–Trinajstić information content (AvgIpc) is 3.06. The summed E-state index contributed by atoms with van der Waals surface area (Å²) < 4.78 is 0. The molecule has 1 aromatic carbocycles. The highest BCUT2D eigenvalue weighted by atomic mass is 16.1. The second-order valence-corrected chi connectivity index (χ2v) is 5.97. The molecule has 0 atom stereocenters. The summed E-state index contributed by atoms with van der Waals surface area (Å²) in [5, 5.41) is 1.04. The second-order valence-electron chi connectivity index (χ2n) is 5.97. The van der Waals surface area contributed by atoms with Gasteiger partial charge in [-0.05, 0) is 11.6 Å². The summed E-state index contributed by atoms with van der Waals surface area (Å²) in [5.74, 6) is 0.385. The summed E-state index contributed by atoms with van der Waals surface area (Å²) in [6.07, 6.45) is 4.84. The maximum Gasteiger partial charge on any atom is 0.141 e. The number of aromatic amines is 1. The molecule has 1 aliphatic heterocycles. The predicted octanol–water partition coefficient (Wildman–Crippen LogP) is 2.79. The number of hydrogen-bond acceptors (Lipinski definition) is 4. The van der Waals surface area contributed by atoms with Gasteiger partial charge in [0.25, 0.3) is 0 Å². The average molecular weight is 306 g/mol. The first kappa shape index (κ1) is 14.1.